The van der Waals surface area contributed by atoms with Crippen molar-refractivity contribution >= 4 is 60.3 Å². The fraction of sp³-hybridized carbons (Fsp3) is 0.364. The molecular weight excluding hydrogens is 545 g/mol. The molecule has 0 saturated heterocycles. The van der Waals surface area contributed by atoms with Crippen LogP contribution in [-0.2, 0) is 10.0 Å². The SMILES string of the molecule is Cc1ccc2sc(C3CC4(CC(NC(=O)c5cccc(S(=O)(=O)NI)c5)C4)C3)nc2c1. The number of hydrogen-bond donors (Lipinski definition) is 2. The third-order valence-electron chi connectivity index (χ3n) is 6.47. The van der Waals surface area contributed by atoms with Gasteiger partial charge >= 0.3 is 0 Å². The first-order valence-corrected chi connectivity index (χ1v) is 13.6. The Morgan fingerprint density at radius 2 is 1.94 bits per heavy atom. The lowest BCUT2D eigenvalue weighted by molar-refractivity contribution is -0.0187. The molecule has 0 radical (unpaired) electrons. The number of nitrogens with one attached hydrogen (secondary N) is 2. The molecule has 6 nitrogen and oxygen atoms in total. The van der Waals surface area contributed by atoms with E-state index in [1.165, 1.54) is 27.4 Å². The monoisotopic (exact) mass is 567 g/mol. The van der Waals surface area contributed by atoms with Crippen molar-refractivity contribution in [2.75, 3.05) is 0 Å². The van der Waals surface area contributed by atoms with Crippen molar-refractivity contribution in [1.29, 1.82) is 0 Å². The molecule has 2 saturated carbocycles. The van der Waals surface area contributed by atoms with Crippen LogP contribution in [-0.4, -0.2) is 25.4 Å². The zero-order valence-corrected chi connectivity index (χ0v) is 20.7. The molecule has 0 atom stereocenters. The van der Waals surface area contributed by atoms with Crippen molar-refractivity contribution in [3.63, 3.8) is 0 Å². The quantitative estimate of drug-likeness (QED) is 0.346. The zero-order chi connectivity index (χ0) is 21.8. The maximum absolute atomic E-state index is 12.6. The van der Waals surface area contributed by atoms with Gasteiger partial charge in [0.05, 0.1) is 20.1 Å². The number of fused-ring (bicyclic) bond motifs is 1. The topological polar surface area (TPSA) is 88.2 Å². The van der Waals surface area contributed by atoms with Gasteiger partial charge in [-0.15, -0.1) is 11.3 Å². The average molecular weight is 567 g/mol. The third kappa shape index (κ3) is 4.01. The van der Waals surface area contributed by atoms with Gasteiger partial charge < -0.3 is 5.32 Å². The molecule has 1 heterocycles. The van der Waals surface area contributed by atoms with E-state index in [2.05, 4.69) is 33.4 Å². The van der Waals surface area contributed by atoms with Crippen LogP contribution < -0.4 is 8.25 Å². The van der Waals surface area contributed by atoms with Crippen molar-refractivity contribution in [3.05, 3.63) is 58.6 Å². The fourth-order valence-electron chi connectivity index (χ4n) is 4.93. The second-order valence-electron chi connectivity index (χ2n) is 8.82. The lowest BCUT2D eigenvalue weighted by atomic mass is 9.50. The summed E-state index contributed by atoms with van der Waals surface area (Å²) in [5.41, 5.74) is 3.03. The third-order valence-corrected chi connectivity index (χ3v) is 10.5. The molecule has 5 rings (SSSR count). The van der Waals surface area contributed by atoms with Crippen LogP contribution in [0.2, 0.25) is 0 Å². The summed E-state index contributed by atoms with van der Waals surface area (Å²) in [7, 11) is -3.58. The predicted octanol–water partition coefficient (Wildman–Crippen LogP) is 4.69. The number of hydrogen-bond acceptors (Lipinski definition) is 5. The van der Waals surface area contributed by atoms with E-state index in [1.54, 1.807) is 46.3 Å². The Morgan fingerprint density at radius 1 is 1.16 bits per heavy atom. The standard InChI is InChI=1S/C22H22IN3O3S2/c1-13-5-6-19-18(7-13)25-21(30-19)15-9-22(10-15)11-16(12-22)24-20(27)14-3-2-4-17(8-14)31(28,29)26-23/h2-8,15-16,26H,9-12H2,1H3,(H,24,27). The molecule has 2 aliphatic rings. The van der Waals surface area contributed by atoms with Crippen LogP contribution in [0.25, 0.3) is 10.2 Å². The highest BCUT2D eigenvalue weighted by atomic mass is 127. The van der Waals surface area contributed by atoms with Crippen molar-refractivity contribution in [3.8, 4) is 0 Å². The zero-order valence-electron chi connectivity index (χ0n) is 16.9. The Kier molecular flexibility index (Phi) is 5.35. The molecule has 1 aromatic heterocycles. The number of carbonyl (C=O) groups is 1. The lowest BCUT2D eigenvalue weighted by Gasteiger charge is -2.57. The van der Waals surface area contributed by atoms with E-state index in [-0.39, 0.29) is 16.8 Å². The Balaban J connectivity index is 1.17. The van der Waals surface area contributed by atoms with Crippen molar-refractivity contribution in [2.24, 2.45) is 5.41 Å². The van der Waals surface area contributed by atoms with Crippen LogP contribution in [0.5, 0.6) is 0 Å². The van der Waals surface area contributed by atoms with Gasteiger partial charge in [-0.05, 0) is 73.9 Å². The number of benzene rings is 2. The molecule has 2 fully saturated rings. The maximum Gasteiger partial charge on any atom is 0.251 e. The van der Waals surface area contributed by atoms with Crippen LogP contribution in [0.3, 0.4) is 0 Å². The molecule has 0 aliphatic heterocycles. The number of aryl methyl sites for hydroxylation is 1. The Hall–Kier alpha value is -1.56. The number of halogens is 1. The molecule has 2 aromatic carbocycles. The molecule has 9 heteroatoms. The van der Waals surface area contributed by atoms with Gasteiger partial charge in [0.15, 0.2) is 0 Å². The number of amides is 1. The van der Waals surface area contributed by atoms with E-state index in [0.29, 0.717) is 16.9 Å². The van der Waals surface area contributed by atoms with Gasteiger partial charge in [-0.1, -0.05) is 12.1 Å². The smallest absolute Gasteiger partial charge is 0.251 e. The van der Waals surface area contributed by atoms with Crippen LogP contribution in [0.4, 0.5) is 0 Å². The summed E-state index contributed by atoms with van der Waals surface area (Å²) in [5, 5.41) is 4.30. The number of rotatable bonds is 5. The van der Waals surface area contributed by atoms with Crippen molar-refractivity contribution in [1.82, 2.24) is 13.2 Å². The molecule has 1 amide bonds. The second-order valence-corrected chi connectivity index (χ2v) is 12.8. The summed E-state index contributed by atoms with van der Waals surface area (Å²) in [6.07, 6.45) is 4.22. The van der Waals surface area contributed by atoms with Gasteiger partial charge in [-0.2, -0.15) is 2.94 Å². The molecule has 162 valence electrons. The van der Waals surface area contributed by atoms with Crippen molar-refractivity contribution in [2.45, 2.75) is 49.5 Å². The maximum atomic E-state index is 12.6. The van der Waals surface area contributed by atoms with Crippen LogP contribution in [0, 0.1) is 12.3 Å². The molecule has 3 aromatic rings. The largest absolute Gasteiger partial charge is 0.349 e. The van der Waals surface area contributed by atoms with Gasteiger partial charge in [-0.25, -0.2) is 13.4 Å². The van der Waals surface area contributed by atoms with E-state index in [4.69, 9.17) is 4.98 Å². The van der Waals surface area contributed by atoms with E-state index in [0.717, 1.165) is 31.2 Å². The lowest BCUT2D eigenvalue weighted by Crippen LogP contribution is -2.55. The Labute approximate surface area is 199 Å². The molecule has 1 spiro atoms. The van der Waals surface area contributed by atoms with Crippen molar-refractivity contribution < 1.29 is 13.2 Å². The van der Waals surface area contributed by atoms with E-state index in [1.807, 2.05) is 0 Å². The minimum absolute atomic E-state index is 0.0903. The van der Waals surface area contributed by atoms with E-state index >= 15 is 0 Å². The minimum Gasteiger partial charge on any atom is -0.349 e. The Bertz CT molecular complexity index is 1270. The van der Waals surface area contributed by atoms with Gasteiger partial charge in [0.1, 0.15) is 0 Å². The highest BCUT2D eigenvalue weighted by molar-refractivity contribution is 14.1. The molecule has 31 heavy (non-hydrogen) atoms. The summed E-state index contributed by atoms with van der Waals surface area (Å²) >= 11 is 3.38. The van der Waals surface area contributed by atoms with Crippen LogP contribution in [0.15, 0.2) is 47.4 Å². The fourth-order valence-corrected chi connectivity index (χ4v) is 7.37. The highest BCUT2D eigenvalue weighted by Crippen LogP contribution is 2.62. The molecule has 0 bridgehead atoms. The first-order chi connectivity index (χ1) is 14.8. The van der Waals surface area contributed by atoms with Crippen LogP contribution in [0.1, 0.15) is 52.5 Å². The summed E-state index contributed by atoms with van der Waals surface area (Å²) in [6.45, 7) is 2.09. The molecule has 0 unspecified atom stereocenters. The van der Waals surface area contributed by atoms with E-state index < -0.39 is 10.0 Å². The second kappa shape index (κ2) is 7.79. The number of nitrogens with zero attached hydrogens (tertiary/aromatic N) is 1. The first-order valence-electron chi connectivity index (χ1n) is 10.2. The summed E-state index contributed by atoms with van der Waals surface area (Å²) in [6, 6.07) is 12.7. The summed E-state index contributed by atoms with van der Waals surface area (Å²) in [4.78, 5) is 17.6. The average Bonchev–Trinajstić information content (AvgIpc) is 3.11. The number of thiazole rings is 1. The molecule has 2 N–H and O–H groups in total. The van der Waals surface area contributed by atoms with Gasteiger partial charge in [0, 0.05) is 40.4 Å². The Morgan fingerprint density at radius 3 is 2.68 bits per heavy atom. The summed E-state index contributed by atoms with van der Waals surface area (Å²) < 4.78 is 27.4. The predicted molar refractivity (Wildman–Crippen MR) is 130 cm³/mol. The van der Waals surface area contributed by atoms with Gasteiger partial charge in [0.25, 0.3) is 5.91 Å². The number of aromatic nitrogens is 1. The van der Waals surface area contributed by atoms with Gasteiger partial charge in [-0.3, -0.25) is 4.79 Å². The van der Waals surface area contributed by atoms with Crippen LogP contribution >= 0.6 is 34.2 Å². The molecular formula is C22H22IN3O3S2. The molecule has 2 aliphatic carbocycles. The normalized spacial score (nSPS) is 25.2. The first kappa shape index (κ1) is 21.3. The van der Waals surface area contributed by atoms with Gasteiger partial charge in [0.2, 0.25) is 10.0 Å². The minimum atomic E-state index is -3.58. The summed E-state index contributed by atoms with van der Waals surface area (Å²) in [5.74, 6) is 0.305. The van der Waals surface area contributed by atoms with E-state index in [9.17, 15) is 13.2 Å². The highest BCUT2D eigenvalue weighted by Gasteiger charge is 2.54. The number of sulfonamides is 1. The number of carbonyl (C=O) groups excluding carboxylic acids is 1.